The Morgan fingerprint density at radius 2 is 1.96 bits per heavy atom. The van der Waals surface area contributed by atoms with Gasteiger partial charge in [0.15, 0.2) is 5.75 Å². The Labute approximate surface area is 162 Å². The van der Waals surface area contributed by atoms with Gasteiger partial charge in [-0.05, 0) is 56.2 Å². The van der Waals surface area contributed by atoms with Crippen LogP contribution in [0.3, 0.4) is 0 Å². The molecule has 2 aromatic carbocycles. The molecule has 0 aliphatic heterocycles. The van der Waals surface area contributed by atoms with Gasteiger partial charge >= 0.3 is 8.25 Å². The number of hydrogen-bond acceptors (Lipinski definition) is 4. The summed E-state index contributed by atoms with van der Waals surface area (Å²) >= 11 is 6.17. The molecule has 3 N–H and O–H groups in total. The Balaban J connectivity index is 2.33. The van der Waals surface area contributed by atoms with Crippen LogP contribution < -0.4 is 10.3 Å². The minimum atomic E-state index is -2.35. The largest absolute Gasteiger partial charge is 0.750 e. The summed E-state index contributed by atoms with van der Waals surface area (Å²) in [5.41, 5.74) is 9.49. The van der Waals surface area contributed by atoms with Gasteiger partial charge in [0.05, 0.1) is 0 Å². The molecule has 0 saturated carbocycles. The molecule has 1 aromatic heterocycles. The van der Waals surface area contributed by atoms with Crippen LogP contribution in [0.5, 0.6) is 5.75 Å². The minimum Gasteiger partial charge on any atom is -0.364 e. The van der Waals surface area contributed by atoms with E-state index in [0.717, 1.165) is 16.5 Å². The van der Waals surface area contributed by atoms with E-state index in [1.165, 1.54) is 0 Å². The highest BCUT2D eigenvalue weighted by molar-refractivity contribution is 7.33. The number of rotatable bonds is 6. The number of carbonyl (C=O) groups excluding carboxylic acids is 1. The number of aromatic nitrogens is 1. The van der Waals surface area contributed by atoms with Crippen molar-refractivity contribution in [2.45, 2.75) is 20.8 Å². The van der Waals surface area contributed by atoms with E-state index in [1.807, 2.05) is 19.9 Å². The predicted octanol–water partition coefficient (Wildman–Crippen LogP) is 5.28. The number of fused-ring (bicyclic) bond motifs is 1. The molecule has 6 nitrogen and oxygen atoms in total. The standard InChI is InChI=1S/C19H18ClN2O4P/c1-4-25-27(24)26-15-8-10(2)7-11(3)16(15)17-13-9-12(20)5-6-14(13)22-18(17)19(21)23/h5-9H,4H2,1-3H3,(H2-,21,22,23)/p+1. The van der Waals surface area contributed by atoms with Crippen molar-refractivity contribution in [1.29, 1.82) is 0 Å². The third-order valence-corrected chi connectivity index (χ3v) is 5.16. The van der Waals surface area contributed by atoms with E-state index < -0.39 is 14.2 Å². The smallest absolute Gasteiger partial charge is 0.364 e. The van der Waals surface area contributed by atoms with Crippen molar-refractivity contribution in [2.75, 3.05) is 6.61 Å². The Morgan fingerprint density at radius 1 is 1.22 bits per heavy atom. The zero-order valence-corrected chi connectivity index (χ0v) is 16.8. The third kappa shape index (κ3) is 3.83. The first kappa shape index (κ1) is 19.4. The van der Waals surface area contributed by atoms with Crippen LogP contribution in [0.1, 0.15) is 28.5 Å². The van der Waals surface area contributed by atoms with Gasteiger partial charge in [0.1, 0.15) is 12.3 Å². The molecule has 0 aliphatic carbocycles. The molecule has 8 heteroatoms. The summed E-state index contributed by atoms with van der Waals surface area (Å²) in [5, 5.41) is 1.24. The first-order valence-electron chi connectivity index (χ1n) is 8.32. The Hall–Kier alpha value is -2.40. The molecule has 0 bridgehead atoms. The van der Waals surface area contributed by atoms with Gasteiger partial charge in [0.25, 0.3) is 5.91 Å². The van der Waals surface area contributed by atoms with Gasteiger partial charge in [-0.15, -0.1) is 4.52 Å². The molecule has 3 rings (SSSR count). The van der Waals surface area contributed by atoms with E-state index in [-0.39, 0.29) is 12.3 Å². The van der Waals surface area contributed by atoms with Crippen LogP contribution in [0.25, 0.3) is 22.0 Å². The van der Waals surface area contributed by atoms with Crippen molar-refractivity contribution in [2.24, 2.45) is 5.73 Å². The molecule has 1 amide bonds. The summed E-state index contributed by atoms with van der Waals surface area (Å²) in [5.74, 6) is -0.261. The Morgan fingerprint density at radius 3 is 2.63 bits per heavy atom. The lowest BCUT2D eigenvalue weighted by atomic mass is 9.95. The van der Waals surface area contributed by atoms with Gasteiger partial charge in [0, 0.05) is 31.6 Å². The molecule has 0 aliphatic rings. The zero-order valence-electron chi connectivity index (χ0n) is 15.1. The van der Waals surface area contributed by atoms with Crippen molar-refractivity contribution in [1.82, 2.24) is 4.98 Å². The maximum atomic E-state index is 12.1. The monoisotopic (exact) mass is 405 g/mol. The molecule has 27 heavy (non-hydrogen) atoms. The van der Waals surface area contributed by atoms with E-state index >= 15 is 0 Å². The summed E-state index contributed by atoms with van der Waals surface area (Å²) < 4.78 is 22.7. The van der Waals surface area contributed by atoms with Gasteiger partial charge in [-0.3, -0.25) is 4.79 Å². The van der Waals surface area contributed by atoms with Gasteiger partial charge < -0.3 is 10.7 Å². The summed E-state index contributed by atoms with van der Waals surface area (Å²) in [6.45, 7) is 5.77. The second-order valence-electron chi connectivity index (χ2n) is 6.12. The Bertz CT molecular complexity index is 1060. The fraction of sp³-hybridized carbons (Fsp3) is 0.211. The van der Waals surface area contributed by atoms with Gasteiger partial charge in [0.2, 0.25) is 0 Å². The summed E-state index contributed by atoms with van der Waals surface area (Å²) in [4.78, 5) is 15.1. The highest BCUT2D eigenvalue weighted by Gasteiger charge is 2.28. The molecule has 140 valence electrons. The van der Waals surface area contributed by atoms with Gasteiger partial charge in [-0.25, -0.2) is 4.52 Å². The topological polar surface area (TPSA) is 94.4 Å². The first-order valence-corrected chi connectivity index (χ1v) is 9.80. The predicted molar refractivity (Wildman–Crippen MR) is 107 cm³/mol. The van der Waals surface area contributed by atoms with Crippen LogP contribution in [0.2, 0.25) is 5.02 Å². The number of amides is 1. The van der Waals surface area contributed by atoms with Crippen LogP contribution >= 0.6 is 19.9 Å². The SMILES string of the molecule is CCO[P+](=O)Oc1cc(C)cc(C)c1-c1c(C(N)=O)[nH]c2ccc(Cl)cc12. The molecule has 3 aromatic rings. The number of nitrogens with two attached hydrogens (primary N) is 1. The number of aromatic amines is 1. The first-order chi connectivity index (χ1) is 12.8. The van der Waals surface area contributed by atoms with Crippen LogP contribution in [-0.2, 0) is 9.09 Å². The lowest BCUT2D eigenvalue weighted by Gasteiger charge is -2.11. The fourth-order valence-electron chi connectivity index (χ4n) is 3.14. The number of primary amides is 1. The summed E-state index contributed by atoms with van der Waals surface area (Å²) in [6, 6.07) is 8.95. The number of benzene rings is 2. The summed E-state index contributed by atoms with van der Waals surface area (Å²) in [6.07, 6.45) is 0. The van der Waals surface area contributed by atoms with Gasteiger partial charge in [-0.2, -0.15) is 0 Å². The molecule has 0 fully saturated rings. The maximum absolute atomic E-state index is 12.1. The number of H-pyrrole nitrogens is 1. The van der Waals surface area contributed by atoms with Crippen molar-refractivity contribution >= 4 is 36.7 Å². The molecule has 1 atom stereocenters. The van der Waals surface area contributed by atoms with Crippen LogP contribution in [0.15, 0.2) is 30.3 Å². The number of aryl methyl sites for hydroxylation is 2. The maximum Gasteiger partial charge on any atom is 0.750 e. The third-order valence-electron chi connectivity index (χ3n) is 4.11. The average molecular weight is 406 g/mol. The molecule has 0 radical (unpaired) electrons. The minimum absolute atomic E-state index is 0.232. The van der Waals surface area contributed by atoms with E-state index in [1.54, 1.807) is 31.2 Å². The molecule has 1 unspecified atom stereocenters. The van der Waals surface area contributed by atoms with Crippen molar-refractivity contribution < 1.29 is 18.4 Å². The molecular weight excluding hydrogens is 387 g/mol. The number of halogens is 1. The highest BCUT2D eigenvalue weighted by atomic mass is 35.5. The molecule has 1 heterocycles. The van der Waals surface area contributed by atoms with E-state index in [0.29, 0.717) is 27.4 Å². The van der Waals surface area contributed by atoms with E-state index in [2.05, 4.69) is 4.98 Å². The zero-order chi connectivity index (χ0) is 19.7. The lowest BCUT2D eigenvalue weighted by Crippen LogP contribution is -2.13. The molecule has 0 spiro atoms. The van der Waals surface area contributed by atoms with Crippen molar-refractivity contribution in [3.63, 3.8) is 0 Å². The highest BCUT2D eigenvalue weighted by Crippen LogP contribution is 2.44. The average Bonchev–Trinajstić information content (AvgIpc) is 2.93. The van der Waals surface area contributed by atoms with Gasteiger partial charge in [-0.1, -0.05) is 17.7 Å². The molecule has 0 saturated heterocycles. The second-order valence-corrected chi connectivity index (χ2v) is 7.44. The second kappa shape index (κ2) is 7.69. The fourth-order valence-corrected chi connectivity index (χ4v) is 3.88. The van der Waals surface area contributed by atoms with Crippen LogP contribution in [-0.4, -0.2) is 17.5 Å². The molecular formula is C19H19ClN2O4P+. The van der Waals surface area contributed by atoms with E-state index in [9.17, 15) is 9.36 Å². The normalized spacial score (nSPS) is 11.6. The number of hydrogen-bond donors (Lipinski definition) is 2. The number of carbonyl (C=O) groups is 1. The number of nitrogens with one attached hydrogen (secondary N) is 1. The van der Waals surface area contributed by atoms with Crippen LogP contribution in [0, 0.1) is 13.8 Å². The van der Waals surface area contributed by atoms with Crippen LogP contribution in [0.4, 0.5) is 0 Å². The van der Waals surface area contributed by atoms with E-state index in [4.69, 9.17) is 26.4 Å². The summed E-state index contributed by atoms with van der Waals surface area (Å²) in [7, 11) is -2.35. The Kier molecular flexibility index (Phi) is 5.51. The quantitative estimate of drug-likeness (QED) is 0.545. The van der Waals surface area contributed by atoms with Crippen molar-refractivity contribution in [3.05, 3.63) is 52.2 Å². The van der Waals surface area contributed by atoms with Crippen molar-refractivity contribution in [3.8, 4) is 16.9 Å². The lowest BCUT2D eigenvalue weighted by molar-refractivity contribution is 0.0997.